The summed E-state index contributed by atoms with van der Waals surface area (Å²) in [4.78, 5) is 36.6. The molecule has 0 spiro atoms. The number of fused-ring (bicyclic) bond motifs is 1. The van der Waals surface area contributed by atoms with Gasteiger partial charge in [-0.3, -0.25) is 9.59 Å². The van der Waals surface area contributed by atoms with Crippen LogP contribution in [-0.4, -0.2) is 40.8 Å². The lowest BCUT2D eigenvalue weighted by Crippen LogP contribution is -2.44. The van der Waals surface area contributed by atoms with Crippen LogP contribution in [0.15, 0.2) is 42.6 Å². The molecule has 6 nitrogen and oxygen atoms in total. The number of halogens is 1. The molecule has 8 heteroatoms. The van der Waals surface area contributed by atoms with Gasteiger partial charge in [-0.2, -0.15) is 0 Å². The molecule has 3 heterocycles. The monoisotopic (exact) mass is 428 g/mol. The fraction of sp³-hybridized carbons (Fsp3) is 0.333. The number of aromatic nitrogens is 2. The van der Waals surface area contributed by atoms with Crippen LogP contribution in [0.3, 0.4) is 0 Å². The molecule has 0 saturated carbocycles. The van der Waals surface area contributed by atoms with Gasteiger partial charge in [-0.1, -0.05) is 22.9 Å². The van der Waals surface area contributed by atoms with Gasteiger partial charge in [-0.15, -0.1) is 0 Å². The zero-order valence-corrected chi connectivity index (χ0v) is 17.4. The van der Waals surface area contributed by atoms with Crippen LogP contribution in [0.1, 0.15) is 36.0 Å². The Labute approximate surface area is 177 Å². The summed E-state index contributed by atoms with van der Waals surface area (Å²) < 4.78 is 0. The fourth-order valence-corrected chi connectivity index (χ4v) is 4.50. The van der Waals surface area contributed by atoms with E-state index >= 15 is 0 Å². The second-order valence-corrected chi connectivity index (χ2v) is 8.48. The molecule has 2 aromatic heterocycles. The number of nitrogens with one attached hydrogen (secondary N) is 1. The van der Waals surface area contributed by atoms with Crippen molar-refractivity contribution in [1.29, 1.82) is 0 Å². The van der Waals surface area contributed by atoms with Gasteiger partial charge < -0.3 is 10.2 Å². The second kappa shape index (κ2) is 8.88. The maximum atomic E-state index is 12.3. The average molecular weight is 429 g/mol. The van der Waals surface area contributed by atoms with Gasteiger partial charge in [0.2, 0.25) is 5.91 Å². The first kappa shape index (κ1) is 19.8. The molecule has 0 unspecified atom stereocenters. The molecule has 0 bridgehead atoms. The summed E-state index contributed by atoms with van der Waals surface area (Å²) in [6.07, 6.45) is 3.90. The molecule has 1 saturated heterocycles. The van der Waals surface area contributed by atoms with Crippen LogP contribution >= 0.6 is 22.9 Å². The summed E-state index contributed by atoms with van der Waals surface area (Å²) in [6, 6.07) is 10.8. The molecule has 1 aliphatic rings. The first-order valence-electron chi connectivity index (χ1n) is 9.63. The van der Waals surface area contributed by atoms with E-state index in [0.717, 1.165) is 41.4 Å². The van der Waals surface area contributed by atoms with Crippen LogP contribution in [0, 0.1) is 0 Å². The molecule has 29 heavy (non-hydrogen) atoms. The summed E-state index contributed by atoms with van der Waals surface area (Å²) in [6.45, 7) is 1.68. The van der Waals surface area contributed by atoms with Crippen molar-refractivity contribution >= 4 is 50.1 Å². The molecular formula is C21H21ClN4O2S. The molecule has 4 rings (SSSR count). The van der Waals surface area contributed by atoms with E-state index in [-0.39, 0.29) is 30.6 Å². The molecule has 1 aliphatic heterocycles. The van der Waals surface area contributed by atoms with Crippen molar-refractivity contribution in [3.8, 4) is 0 Å². The number of piperidine rings is 1. The summed E-state index contributed by atoms with van der Waals surface area (Å²) >= 11 is 7.44. The fourth-order valence-electron chi connectivity index (χ4n) is 3.42. The normalized spacial score (nSPS) is 14.9. The Morgan fingerprint density at radius 3 is 2.62 bits per heavy atom. The van der Waals surface area contributed by atoms with Crippen molar-refractivity contribution in [2.24, 2.45) is 0 Å². The number of carbonyl (C=O) groups is 2. The van der Waals surface area contributed by atoms with E-state index in [1.54, 1.807) is 41.8 Å². The molecule has 1 fully saturated rings. The molecule has 0 radical (unpaired) electrons. The van der Waals surface area contributed by atoms with Crippen molar-refractivity contribution in [3.63, 3.8) is 0 Å². The zero-order chi connectivity index (χ0) is 20.2. The van der Waals surface area contributed by atoms with Crippen LogP contribution < -0.4 is 10.2 Å². The number of amides is 1. The first-order chi connectivity index (χ1) is 14.1. The number of rotatable bonds is 6. The maximum absolute atomic E-state index is 12.3. The zero-order valence-electron chi connectivity index (χ0n) is 15.8. The lowest BCUT2D eigenvalue weighted by Gasteiger charge is -2.32. The quantitative estimate of drug-likeness (QED) is 0.598. The van der Waals surface area contributed by atoms with Crippen LogP contribution in [-0.2, 0) is 4.79 Å². The third-order valence-corrected chi connectivity index (χ3v) is 6.32. The second-order valence-electron chi connectivity index (χ2n) is 7.08. The number of pyridine rings is 1. The van der Waals surface area contributed by atoms with Gasteiger partial charge in [-0.05, 0) is 49.2 Å². The van der Waals surface area contributed by atoms with Crippen molar-refractivity contribution in [2.75, 3.05) is 18.0 Å². The summed E-state index contributed by atoms with van der Waals surface area (Å²) in [5.74, 6) is -0.119. The van der Waals surface area contributed by atoms with Crippen LogP contribution in [0.25, 0.3) is 10.3 Å². The number of ketones is 1. The third-order valence-electron chi connectivity index (χ3n) is 5.03. The van der Waals surface area contributed by atoms with Crippen LogP contribution in [0.2, 0.25) is 5.02 Å². The van der Waals surface area contributed by atoms with E-state index < -0.39 is 0 Å². The van der Waals surface area contributed by atoms with E-state index in [2.05, 4.69) is 20.2 Å². The van der Waals surface area contributed by atoms with E-state index in [4.69, 9.17) is 11.6 Å². The summed E-state index contributed by atoms with van der Waals surface area (Å²) in [5.41, 5.74) is 1.51. The molecule has 1 amide bonds. The van der Waals surface area contributed by atoms with Crippen LogP contribution in [0.5, 0.6) is 0 Å². The minimum absolute atomic E-state index is 0.0453. The van der Waals surface area contributed by atoms with Gasteiger partial charge in [0.15, 0.2) is 10.9 Å². The molecule has 1 N–H and O–H groups in total. The Kier molecular flexibility index (Phi) is 6.06. The minimum atomic E-state index is -0.0741. The van der Waals surface area contributed by atoms with Gasteiger partial charge in [0.05, 0.1) is 0 Å². The van der Waals surface area contributed by atoms with Gasteiger partial charge >= 0.3 is 0 Å². The van der Waals surface area contributed by atoms with Crippen molar-refractivity contribution < 1.29 is 9.59 Å². The molecular weight excluding hydrogens is 408 g/mol. The lowest BCUT2D eigenvalue weighted by molar-refractivity contribution is -0.121. The number of hydrogen-bond acceptors (Lipinski definition) is 6. The van der Waals surface area contributed by atoms with Gasteiger partial charge in [0.1, 0.15) is 10.3 Å². The van der Waals surface area contributed by atoms with Crippen molar-refractivity contribution in [3.05, 3.63) is 53.2 Å². The number of thiazole rings is 1. The van der Waals surface area contributed by atoms with E-state index in [1.165, 1.54) is 0 Å². The standard InChI is InChI=1S/C21H21ClN4O2S/c22-15-5-3-14(4-6-15)18(27)7-8-19(28)24-16-9-12-26(13-10-16)21-25-17-2-1-11-23-20(17)29-21/h1-6,11,16H,7-10,12-13H2,(H,24,28). The molecule has 0 aliphatic carbocycles. The van der Waals surface area contributed by atoms with E-state index in [9.17, 15) is 9.59 Å². The summed E-state index contributed by atoms with van der Waals surface area (Å²) in [7, 11) is 0. The highest BCUT2D eigenvalue weighted by atomic mass is 35.5. The van der Waals surface area contributed by atoms with Crippen molar-refractivity contribution in [2.45, 2.75) is 31.7 Å². The lowest BCUT2D eigenvalue weighted by atomic mass is 10.0. The SMILES string of the molecule is O=C(CCC(=O)c1ccc(Cl)cc1)NC1CCN(c2nc3cccnc3s2)CC1. The highest BCUT2D eigenvalue weighted by molar-refractivity contribution is 7.21. The van der Waals surface area contributed by atoms with Crippen LogP contribution in [0.4, 0.5) is 5.13 Å². The number of hydrogen-bond donors (Lipinski definition) is 1. The average Bonchev–Trinajstić information content (AvgIpc) is 3.17. The van der Waals surface area contributed by atoms with Gasteiger partial charge in [-0.25, -0.2) is 9.97 Å². The maximum Gasteiger partial charge on any atom is 0.220 e. The number of carbonyl (C=O) groups excluding carboxylic acids is 2. The molecule has 3 aromatic rings. The predicted molar refractivity (Wildman–Crippen MR) is 116 cm³/mol. The third kappa shape index (κ3) is 4.92. The highest BCUT2D eigenvalue weighted by Gasteiger charge is 2.23. The Morgan fingerprint density at radius 2 is 1.90 bits per heavy atom. The number of Topliss-reactive ketones (excluding diaryl/α,β-unsaturated/α-hetero) is 1. The van der Waals surface area contributed by atoms with Gasteiger partial charge in [0, 0.05) is 48.8 Å². The Morgan fingerprint density at radius 1 is 1.14 bits per heavy atom. The predicted octanol–water partition coefficient (Wildman–Crippen LogP) is 4.09. The minimum Gasteiger partial charge on any atom is -0.353 e. The molecule has 0 atom stereocenters. The van der Waals surface area contributed by atoms with Gasteiger partial charge in [0.25, 0.3) is 0 Å². The highest BCUT2D eigenvalue weighted by Crippen LogP contribution is 2.29. The van der Waals surface area contributed by atoms with E-state index in [0.29, 0.717) is 10.6 Å². The Hall–Kier alpha value is -2.51. The smallest absolute Gasteiger partial charge is 0.220 e. The molecule has 1 aromatic carbocycles. The van der Waals surface area contributed by atoms with E-state index in [1.807, 2.05) is 12.1 Å². The Bertz CT molecular complexity index is 980. The number of anilines is 1. The molecule has 150 valence electrons. The largest absolute Gasteiger partial charge is 0.353 e. The Balaban J connectivity index is 1.23. The van der Waals surface area contributed by atoms with Crippen molar-refractivity contribution in [1.82, 2.24) is 15.3 Å². The number of benzene rings is 1. The first-order valence-corrected chi connectivity index (χ1v) is 10.8. The summed E-state index contributed by atoms with van der Waals surface area (Å²) in [5, 5.41) is 4.64. The number of nitrogens with zero attached hydrogens (tertiary/aromatic N) is 3. The topological polar surface area (TPSA) is 75.2 Å².